The van der Waals surface area contributed by atoms with Gasteiger partial charge in [-0.15, -0.1) is 0 Å². The van der Waals surface area contributed by atoms with Gasteiger partial charge in [-0.1, -0.05) is 84.0 Å². The van der Waals surface area contributed by atoms with E-state index < -0.39 is 35.5 Å². The molecule has 0 unspecified atom stereocenters. The van der Waals surface area contributed by atoms with Crippen LogP contribution in [0.4, 0.5) is 4.79 Å². The fourth-order valence-electron chi connectivity index (χ4n) is 5.78. The Hall–Kier alpha value is -3.10. The predicted molar refractivity (Wildman–Crippen MR) is 149 cm³/mol. The first-order chi connectivity index (χ1) is 18.3. The molecule has 2 saturated heterocycles. The summed E-state index contributed by atoms with van der Waals surface area (Å²) in [5.41, 5.74) is 2.51. The number of amides is 1. The lowest BCUT2D eigenvalue weighted by atomic mass is 9.72. The monoisotopic (exact) mass is 538 g/mol. The summed E-state index contributed by atoms with van der Waals surface area (Å²) in [6.07, 6.45) is -0.997. The van der Waals surface area contributed by atoms with Gasteiger partial charge < -0.3 is 24.6 Å². The van der Waals surface area contributed by atoms with Crippen LogP contribution in [0.2, 0.25) is 0 Å². The van der Waals surface area contributed by atoms with Crippen molar-refractivity contribution in [2.75, 3.05) is 20.3 Å². The molecule has 0 saturated carbocycles. The van der Waals surface area contributed by atoms with E-state index in [-0.39, 0.29) is 17.6 Å². The van der Waals surface area contributed by atoms with Crippen LogP contribution in [0.1, 0.15) is 64.3 Å². The highest BCUT2D eigenvalue weighted by Gasteiger charge is 2.58. The van der Waals surface area contributed by atoms with E-state index in [1.54, 1.807) is 7.11 Å². The number of hydrogen-bond donors (Lipinski definition) is 2. The van der Waals surface area contributed by atoms with Gasteiger partial charge in [0.05, 0.1) is 26.4 Å². The number of ether oxygens (including phenoxy) is 3. The van der Waals surface area contributed by atoms with E-state index in [9.17, 15) is 14.7 Å². The van der Waals surface area contributed by atoms with Crippen LogP contribution in [0.15, 0.2) is 48.5 Å². The lowest BCUT2D eigenvalue weighted by Gasteiger charge is -2.35. The average molecular weight is 539 g/mol. The third kappa shape index (κ3) is 6.07. The van der Waals surface area contributed by atoms with Crippen LogP contribution in [0.5, 0.6) is 5.75 Å². The maximum Gasteiger partial charge on any atom is 0.411 e. The highest BCUT2D eigenvalue weighted by atomic mass is 16.6. The Morgan fingerprint density at radius 2 is 1.72 bits per heavy atom. The molecule has 0 aromatic heterocycles. The van der Waals surface area contributed by atoms with E-state index in [1.165, 1.54) is 10.5 Å². The Balaban J connectivity index is 1.78. The van der Waals surface area contributed by atoms with Crippen molar-refractivity contribution in [1.82, 2.24) is 10.2 Å². The van der Waals surface area contributed by atoms with E-state index in [0.29, 0.717) is 19.8 Å². The zero-order valence-electron chi connectivity index (χ0n) is 24.1. The second-order valence-electron chi connectivity index (χ2n) is 12.7. The summed E-state index contributed by atoms with van der Waals surface area (Å²) >= 11 is 0. The fourth-order valence-corrected chi connectivity index (χ4v) is 5.78. The largest absolute Gasteiger partial charge is 0.496 e. The van der Waals surface area contributed by atoms with Crippen molar-refractivity contribution in [1.29, 1.82) is 0 Å². The van der Waals surface area contributed by atoms with Gasteiger partial charge in [0.25, 0.3) is 0 Å². The zero-order valence-corrected chi connectivity index (χ0v) is 24.1. The first kappa shape index (κ1) is 28.9. The van der Waals surface area contributed by atoms with Crippen LogP contribution in [0, 0.1) is 11.3 Å². The molecule has 2 fully saturated rings. The van der Waals surface area contributed by atoms with Gasteiger partial charge in [-0.05, 0) is 28.0 Å². The average Bonchev–Trinajstić information content (AvgIpc) is 3.20. The topological polar surface area (TPSA) is 97.3 Å². The van der Waals surface area contributed by atoms with Crippen molar-refractivity contribution in [2.24, 2.45) is 11.3 Å². The summed E-state index contributed by atoms with van der Waals surface area (Å²) in [6, 6.07) is 13.8. The molecule has 4 atom stereocenters. The Labute approximate surface area is 231 Å². The molecule has 0 aliphatic carbocycles. The predicted octanol–water partition coefficient (Wildman–Crippen LogP) is 5.16. The Morgan fingerprint density at radius 3 is 2.23 bits per heavy atom. The summed E-state index contributed by atoms with van der Waals surface area (Å²) in [4.78, 5) is 27.9. The van der Waals surface area contributed by atoms with Crippen LogP contribution in [-0.4, -0.2) is 60.6 Å². The van der Waals surface area contributed by atoms with Crippen molar-refractivity contribution >= 4 is 12.1 Å². The van der Waals surface area contributed by atoms with E-state index in [4.69, 9.17) is 14.2 Å². The van der Waals surface area contributed by atoms with Gasteiger partial charge in [0.15, 0.2) is 6.10 Å². The highest BCUT2D eigenvalue weighted by molar-refractivity contribution is 5.82. The summed E-state index contributed by atoms with van der Waals surface area (Å²) in [7, 11) is 1.65. The van der Waals surface area contributed by atoms with Crippen LogP contribution < -0.4 is 10.1 Å². The molecular formula is C31H42N2O6. The molecule has 2 heterocycles. The van der Waals surface area contributed by atoms with Gasteiger partial charge in [0.1, 0.15) is 11.8 Å². The van der Waals surface area contributed by atoms with Crippen molar-refractivity contribution in [3.63, 3.8) is 0 Å². The summed E-state index contributed by atoms with van der Waals surface area (Å²) in [6.45, 7) is 13.7. The summed E-state index contributed by atoms with van der Waals surface area (Å²) < 4.78 is 16.6. The van der Waals surface area contributed by atoms with Crippen LogP contribution in [0.3, 0.4) is 0 Å². The number of benzene rings is 2. The van der Waals surface area contributed by atoms with Crippen molar-refractivity contribution in [3.8, 4) is 5.75 Å². The molecule has 2 aromatic carbocycles. The quantitative estimate of drug-likeness (QED) is 0.503. The normalized spacial score (nSPS) is 23.8. The van der Waals surface area contributed by atoms with E-state index in [1.807, 2.05) is 57.2 Å². The second-order valence-corrected chi connectivity index (χ2v) is 12.7. The highest BCUT2D eigenvalue weighted by Crippen LogP contribution is 2.48. The zero-order chi connectivity index (χ0) is 28.5. The number of carbonyl (C=O) groups excluding carboxylic acids is 1. The Morgan fingerprint density at radius 1 is 1.05 bits per heavy atom. The van der Waals surface area contributed by atoms with Gasteiger partial charge in [0, 0.05) is 24.1 Å². The molecule has 212 valence electrons. The number of nitrogens with one attached hydrogen (secondary N) is 1. The molecule has 2 N–H and O–H groups in total. The smallest absolute Gasteiger partial charge is 0.411 e. The standard InChI is InChI=1S/C31H42N2O6/c1-30(2,3)21-13-14-23(37-7)20(15-21)16-32-25-24(31(4,5)6)27(28(34)35)33(29(36)39-22-17-38-18-22)26(25)19-11-9-8-10-12-19/h8-15,22,24-27,32H,16-18H2,1-7H3,(H,34,35)/t24-,25-,26-,27-/m0/s1. The van der Waals surface area contributed by atoms with Crippen molar-refractivity contribution < 1.29 is 28.9 Å². The molecule has 0 bridgehead atoms. The minimum Gasteiger partial charge on any atom is -0.496 e. The lowest BCUT2D eigenvalue weighted by molar-refractivity contribution is -0.146. The van der Waals surface area contributed by atoms with Gasteiger partial charge >= 0.3 is 12.1 Å². The fraction of sp³-hybridized carbons (Fsp3) is 0.548. The number of carboxylic acid groups (broad SMARTS) is 1. The number of likely N-dealkylation sites (tertiary alicyclic amines) is 1. The molecule has 8 nitrogen and oxygen atoms in total. The molecule has 2 aromatic rings. The van der Waals surface area contributed by atoms with Gasteiger partial charge in [-0.25, -0.2) is 9.59 Å². The first-order valence-corrected chi connectivity index (χ1v) is 13.6. The Kier molecular flexibility index (Phi) is 8.28. The number of hydrogen-bond acceptors (Lipinski definition) is 6. The summed E-state index contributed by atoms with van der Waals surface area (Å²) in [5.74, 6) is -0.704. The minimum atomic E-state index is -1.08. The number of carbonyl (C=O) groups is 2. The number of aliphatic carboxylic acids is 1. The molecular weight excluding hydrogens is 496 g/mol. The minimum absolute atomic E-state index is 0.0465. The molecule has 4 rings (SSSR count). The van der Waals surface area contributed by atoms with Crippen molar-refractivity contribution in [3.05, 3.63) is 65.2 Å². The second kappa shape index (κ2) is 11.2. The molecule has 0 spiro atoms. The molecule has 39 heavy (non-hydrogen) atoms. The van der Waals surface area contributed by atoms with E-state index in [2.05, 4.69) is 38.2 Å². The van der Waals surface area contributed by atoms with E-state index in [0.717, 1.165) is 16.9 Å². The van der Waals surface area contributed by atoms with Gasteiger partial charge in [-0.2, -0.15) is 0 Å². The van der Waals surface area contributed by atoms with Gasteiger partial charge in [0.2, 0.25) is 0 Å². The molecule has 0 radical (unpaired) electrons. The number of nitrogens with zero attached hydrogens (tertiary/aromatic N) is 1. The molecule has 1 amide bonds. The van der Waals surface area contributed by atoms with Crippen LogP contribution >= 0.6 is 0 Å². The third-order valence-corrected chi connectivity index (χ3v) is 7.82. The Bertz CT molecular complexity index is 1170. The maximum atomic E-state index is 13.6. The molecule has 2 aliphatic rings. The van der Waals surface area contributed by atoms with Crippen LogP contribution in [0.25, 0.3) is 0 Å². The third-order valence-electron chi connectivity index (χ3n) is 7.82. The lowest BCUT2D eigenvalue weighted by Crippen LogP contribution is -2.50. The van der Waals surface area contributed by atoms with Gasteiger partial charge in [-0.3, -0.25) is 4.90 Å². The number of methoxy groups -OCH3 is 1. The number of rotatable bonds is 7. The van der Waals surface area contributed by atoms with E-state index >= 15 is 0 Å². The SMILES string of the molecule is COc1ccc(C(C)(C)C)cc1CN[C@H]1[C@H](C(C)(C)C)[C@@H](C(=O)O)N(C(=O)OC2COC2)[C@H]1c1ccccc1. The number of carboxylic acids is 1. The molecule has 8 heteroatoms. The molecule has 2 aliphatic heterocycles. The van der Waals surface area contributed by atoms with Crippen molar-refractivity contribution in [2.45, 2.75) is 77.7 Å². The first-order valence-electron chi connectivity index (χ1n) is 13.6. The van der Waals surface area contributed by atoms with Crippen LogP contribution in [-0.2, 0) is 26.2 Å². The summed E-state index contributed by atoms with van der Waals surface area (Å²) in [5, 5.41) is 14.2. The maximum absolute atomic E-state index is 13.6.